The second kappa shape index (κ2) is 7.29. The maximum absolute atomic E-state index is 12.5. The van der Waals surface area contributed by atoms with E-state index in [2.05, 4.69) is 46.1 Å². The largest absolute Gasteiger partial charge is 0.368 e. The van der Waals surface area contributed by atoms with E-state index in [1.54, 1.807) is 18.6 Å². The van der Waals surface area contributed by atoms with Crippen LogP contribution in [-0.4, -0.2) is 60.5 Å². The Morgan fingerprint density at radius 2 is 2.00 bits per heavy atom. The number of anilines is 2. The molecular weight excluding hydrogens is 302 g/mol. The Bertz CT molecular complexity index is 683. The molecule has 0 atom stereocenters. The van der Waals surface area contributed by atoms with Crippen LogP contribution in [0.2, 0.25) is 0 Å². The molecule has 0 radical (unpaired) electrons. The summed E-state index contributed by atoms with van der Waals surface area (Å²) in [6.45, 7) is 5.66. The first-order valence-electron chi connectivity index (χ1n) is 8.20. The van der Waals surface area contributed by atoms with E-state index < -0.39 is 0 Å². The van der Waals surface area contributed by atoms with Gasteiger partial charge in [0.2, 0.25) is 5.91 Å². The van der Waals surface area contributed by atoms with Crippen LogP contribution in [0.25, 0.3) is 0 Å². The van der Waals surface area contributed by atoms with Crippen LogP contribution < -0.4 is 9.80 Å². The van der Waals surface area contributed by atoms with Gasteiger partial charge in [-0.2, -0.15) is 0 Å². The summed E-state index contributed by atoms with van der Waals surface area (Å²) in [5, 5.41) is 0. The molecule has 24 heavy (non-hydrogen) atoms. The van der Waals surface area contributed by atoms with E-state index >= 15 is 0 Å². The number of hydrogen-bond donors (Lipinski definition) is 0. The van der Waals surface area contributed by atoms with Gasteiger partial charge in [-0.05, 0) is 24.6 Å². The molecule has 0 aliphatic carbocycles. The first-order valence-corrected chi connectivity index (χ1v) is 8.20. The fourth-order valence-electron chi connectivity index (χ4n) is 2.91. The number of aryl methyl sites for hydroxylation is 1. The van der Waals surface area contributed by atoms with Crippen LogP contribution in [0, 0.1) is 6.92 Å². The smallest absolute Gasteiger partial charge is 0.242 e. The van der Waals surface area contributed by atoms with E-state index in [4.69, 9.17) is 0 Å². The Balaban J connectivity index is 1.53. The lowest BCUT2D eigenvalue weighted by molar-refractivity contribution is -0.129. The molecule has 0 saturated carbocycles. The van der Waals surface area contributed by atoms with Gasteiger partial charge in [-0.1, -0.05) is 12.1 Å². The molecule has 0 N–H and O–H groups in total. The lowest BCUT2D eigenvalue weighted by atomic mass is 10.2. The van der Waals surface area contributed by atoms with Gasteiger partial charge in [0, 0.05) is 51.3 Å². The first kappa shape index (κ1) is 16.2. The van der Waals surface area contributed by atoms with Crippen LogP contribution in [-0.2, 0) is 4.79 Å². The second-order valence-electron chi connectivity index (χ2n) is 6.13. The number of carbonyl (C=O) groups is 1. The van der Waals surface area contributed by atoms with E-state index in [1.165, 1.54) is 11.3 Å². The molecule has 0 spiro atoms. The maximum Gasteiger partial charge on any atom is 0.242 e. The van der Waals surface area contributed by atoms with Gasteiger partial charge in [-0.3, -0.25) is 9.78 Å². The molecule has 1 aromatic heterocycles. The number of benzene rings is 1. The molecule has 0 bridgehead atoms. The lowest BCUT2D eigenvalue weighted by Crippen LogP contribution is -2.51. The summed E-state index contributed by atoms with van der Waals surface area (Å²) in [6.07, 6.45) is 4.93. The predicted molar refractivity (Wildman–Crippen MR) is 95.3 cm³/mol. The van der Waals surface area contributed by atoms with Gasteiger partial charge in [0.15, 0.2) is 0 Å². The Kier molecular flexibility index (Phi) is 4.93. The van der Waals surface area contributed by atoms with Crippen molar-refractivity contribution >= 4 is 17.4 Å². The number of aromatic nitrogens is 2. The summed E-state index contributed by atoms with van der Waals surface area (Å²) in [5.74, 6) is 0.844. The molecule has 1 saturated heterocycles. The average molecular weight is 325 g/mol. The van der Waals surface area contributed by atoms with E-state index in [9.17, 15) is 4.79 Å². The standard InChI is InChI=1S/C18H23N5O/c1-15-4-3-5-16(12-15)22-8-10-23(11-9-22)18(24)14-21(2)17-13-19-6-7-20-17/h3-7,12-13H,8-11,14H2,1-2H3. The number of rotatable bonds is 4. The summed E-state index contributed by atoms with van der Waals surface area (Å²) in [6, 6.07) is 8.51. The minimum atomic E-state index is 0.132. The normalized spacial score (nSPS) is 14.6. The fourth-order valence-corrected chi connectivity index (χ4v) is 2.91. The van der Waals surface area contributed by atoms with Crippen molar-refractivity contribution in [3.8, 4) is 0 Å². The van der Waals surface area contributed by atoms with Crippen LogP contribution in [0.5, 0.6) is 0 Å². The van der Waals surface area contributed by atoms with Crippen LogP contribution in [0.1, 0.15) is 5.56 Å². The molecule has 1 aromatic carbocycles. The van der Waals surface area contributed by atoms with Crippen molar-refractivity contribution in [2.24, 2.45) is 0 Å². The van der Waals surface area contributed by atoms with Crippen molar-refractivity contribution in [3.63, 3.8) is 0 Å². The van der Waals surface area contributed by atoms with Crippen LogP contribution in [0.15, 0.2) is 42.9 Å². The van der Waals surface area contributed by atoms with Gasteiger partial charge in [-0.25, -0.2) is 4.98 Å². The predicted octanol–water partition coefficient (Wildman–Crippen LogP) is 1.57. The highest BCUT2D eigenvalue weighted by molar-refractivity contribution is 5.81. The molecule has 6 heteroatoms. The zero-order valence-electron chi connectivity index (χ0n) is 14.2. The van der Waals surface area contributed by atoms with Crippen LogP contribution >= 0.6 is 0 Å². The molecule has 1 aliphatic heterocycles. The Labute approximate surface area is 142 Å². The van der Waals surface area contributed by atoms with Crippen molar-refractivity contribution in [1.82, 2.24) is 14.9 Å². The van der Waals surface area contributed by atoms with Gasteiger partial charge < -0.3 is 14.7 Å². The quantitative estimate of drug-likeness (QED) is 0.854. The topological polar surface area (TPSA) is 52.6 Å². The van der Waals surface area contributed by atoms with Crippen molar-refractivity contribution in [1.29, 1.82) is 0 Å². The molecule has 2 heterocycles. The molecule has 1 aliphatic rings. The zero-order valence-corrected chi connectivity index (χ0v) is 14.2. The third-order valence-electron chi connectivity index (χ3n) is 4.31. The van der Waals surface area contributed by atoms with Crippen LogP contribution in [0.3, 0.4) is 0 Å². The summed E-state index contributed by atoms with van der Waals surface area (Å²) in [5.41, 5.74) is 2.50. The summed E-state index contributed by atoms with van der Waals surface area (Å²) < 4.78 is 0. The highest BCUT2D eigenvalue weighted by atomic mass is 16.2. The molecule has 3 rings (SSSR count). The van der Waals surface area contributed by atoms with Crippen molar-refractivity contribution in [2.45, 2.75) is 6.92 Å². The number of carbonyl (C=O) groups excluding carboxylic acids is 1. The number of nitrogens with zero attached hydrogens (tertiary/aromatic N) is 5. The van der Waals surface area contributed by atoms with E-state index in [1.807, 2.05) is 16.8 Å². The number of hydrogen-bond acceptors (Lipinski definition) is 5. The summed E-state index contributed by atoms with van der Waals surface area (Å²) in [4.78, 5) is 26.9. The van der Waals surface area contributed by atoms with Crippen molar-refractivity contribution in [3.05, 3.63) is 48.4 Å². The Morgan fingerprint density at radius 1 is 1.21 bits per heavy atom. The third kappa shape index (κ3) is 3.82. The molecule has 2 aromatic rings. The molecular formula is C18H23N5O. The summed E-state index contributed by atoms with van der Waals surface area (Å²) in [7, 11) is 1.87. The zero-order chi connectivity index (χ0) is 16.9. The van der Waals surface area contributed by atoms with Gasteiger partial charge in [-0.15, -0.1) is 0 Å². The molecule has 1 fully saturated rings. The molecule has 126 valence electrons. The van der Waals surface area contributed by atoms with Crippen LogP contribution in [0.4, 0.5) is 11.5 Å². The molecule has 1 amide bonds. The van der Waals surface area contributed by atoms with E-state index in [-0.39, 0.29) is 5.91 Å². The first-order chi connectivity index (χ1) is 11.6. The van der Waals surface area contributed by atoms with Gasteiger partial charge in [0.1, 0.15) is 5.82 Å². The average Bonchev–Trinajstić information content (AvgIpc) is 2.62. The highest BCUT2D eigenvalue weighted by Gasteiger charge is 2.22. The van der Waals surface area contributed by atoms with Crippen molar-refractivity contribution in [2.75, 3.05) is 49.6 Å². The summed E-state index contributed by atoms with van der Waals surface area (Å²) >= 11 is 0. The number of piperazine rings is 1. The lowest BCUT2D eigenvalue weighted by Gasteiger charge is -2.37. The second-order valence-corrected chi connectivity index (χ2v) is 6.13. The van der Waals surface area contributed by atoms with E-state index in [0.717, 1.165) is 26.2 Å². The SMILES string of the molecule is Cc1cccc(N2CCN(C(=O)CN(C)c3cnccn3)CC2)c1. The van der Waals surface area contributed by atoms with Gasteiger partial charge >= 0.3 is 0 Å². The maximum atomic E-state index is 12.5. The minimum Gasteiger partial charge on any atom is -0.368 e. The third-order valence-corrected chi connectivity index (χ3v) is 4.31. The van der Waals surface area contributed by atoms with Crippen molar-refractivity contribution < 1.29 is 4.79 Å². The molecule has 6 nitrogen and oxygen atoms in total. The number of likely N-dealkylation sites (N-methyl/N-ethyl adjacent to an activating group) is 1. The van der Waals surface area contributed by atoms with Gasteiger partial charge in [0.25, 0.3) is 0 Å². The minimum absolute atomic E-state index is 0.132. The Hall–Kier alpha value is -2.63. The molecule has 0 unspecified atom stereocenters. The fraction of sp³-hybridized carbons (Fsp3) is 0.389. The van der Waals surface area contributed by atoms with E-state index in [0.29, 0.717) is 12.4 Å². The number of amides is 1. The highest BCUT2D eigenvalue weighted by Crippen LogP contribution is 2.18. The monoisotopic (exact) mass is 325 g/mol. The Morgan fingerprint density at radius 3 is 2.67 bits per heavy atom. The van der Waals surface area contributed by atoms with Gasteiger partial charge in [0.05, 0.1) is 12.7 Å².